The maximum absolute atomic E-state index is 11.5. The minimum absolute atomic E-state index is 0.317. The van der Waals surface area contributed by atoms with E-state index in [1.54, 1.807) is 0 Å². The van der Waals surface area contributed by atoms with Crippen LogP contribution in [0.3, 0.4) is 0 Å². The smallest absolute Gasteiger partial charge is 0.143 e. The highest BCUT2D eigenvalue weighted by atomic mass is 16.4. The Labute approximate surface area is 130 Å². The van der Waals surface area contributed by atoms with Crippen molar-refractivity contribution in [3.63, 3.8) is 0 Å². The summed E-state index contributed by atoms with van der Waals surface area (Å²) in [7, 11) is 0. The summed E-state index contributed by atoms with van der Waals surface area (Å²) in [6.45, 7) is 9.85. The Hall–Kier alpha value is -1.03. The predicted molar refractivity (Wildman–Crippen MR) is 84.8 cm³/mol. The van der Waals surface area contributed by atoms with Crippen molar-refractivity contribution in [3.05, 3.63) is 11.8 Å². The number of aliphatic hydroxyl groups is 1. The second kappa shape index (κ2) is 10.7. The maximum Gasteiger partial charge on any atom is 0.143 e. The van der Waals surface area contributed by atoms with Crippen LogP contribution in [0.15, 0.2) is 11.8 Å². The molecule has 0 spiro atoms. The fraction of sp³-hybridized carbons (Fsp3) is 0.824. The molecular formula is C17H33NO3. The Morgan fingerprint density at radius 3 is 2.19 bits per heavy atom. The van der Waals surface area contributed by atoms with Crippen LogP contribution >= 0.6 is 0 Å². The lowest BCUT2D eigenvalue weighted by Gasteiger charge is -2.44. The monoisotopic (exact) mass is 299 g/mol. The van der Waals surface area contributed by atoms with Crippen molar-refractivity contribution >= 4 is 5.97 Å². The molecule has 0 rings (SSSR count). The van der Waals surface area contributed by atoms with Gasteiger partial charge in [0.05, 0.1) is 19.1 Å². The number of allylic oxidation sites excluding steroid dienone is 1. The second-order valence-corrected chi connectivity index (χ2v) is 5.82. The number of carboxylic acids is 1. The topological polar surface area (TPSA) is 60.4 Å². The highest BCUT2D eigenvalue weighted by Crippen LogP contribution is 2.20. The molecule has 0 aromatic carbocycles. The molecule has 0 saturated heterocycles. The van der Waals surface area contributed by atoms with Crippen molar-refractivity contribution in [3.8, 4) is 0 Å². The predicted octanol–water partition coefficient (Wildman–Crippen LogP) is 2.78. The van der Waals surface area contributed by atoms with Gasteiger partial charge in [-0.25, -0.2) is 0 Å². The zero-order valence-electron chi connectivity index (χ0n) is 14.2. The molecule has 0 aromatic heterocycles. The lowest BCUT2D eigenvalue weighted by Crippen LogP contribution is -2.62. The second-order valence-electron chi connectivity index (χ2n) is 5.82. The zero-order valence-corrected chi connectivity index (χ0v) is 14.2. The molecule has 124 valence electrons. The highest BCUT2D eigenvalue weighted by molar-refractivity contribution is 5.69. The van der Waals surface area contributed by atoms with Gasteiger partial charge in [0, 0.05) is 6.42 Å². The number of hydrogen-bond acceptors (Lipinski definition) is 3. The number of rotatable bonds is 12. The van der Waals surface area contributed by atoms with Crippen LogP contribution < -0.4 is 5.11 Å². The molecule has 4 nitrogen and oxygen atoms in total. The normalized spacial score (nSPS) is 14.2. The lowest BCUT2D eigenvalue weighted by molar-refractivity contribution is -0.939. The van der Waals surface area contributed by atoms with Crippen molar-refractivity contribution in [2.45, 2.75) is 72.3 Å². The van der Waals surface area contributed by atoms with Gasteiger partial charge in [-0.05, 0) is 32.8 Å². The van der Waals surface area contributed by atoms with Crippen LogP contribution in [0.5, 0.6) is 0 Å². The Morgan fingerprint density at radius 2 is 1.76 bits per heavy atom. The fourth-order valence-corrected chi connectivity index (χ4v) is 2.94. The molecule has 1 atom stereocenters. The van der Waals surface area contributed by atoms with Gasteiger partial charge in [-0.15, -0.1) is 0 Å². The molecule has 4 heteroatoms. The molecule has 21 heavy (non-hydrogen) atoms. The number of hydrogen-bond donors (Lipinski definition) is 1. The van der Waals surface area contributed by atoms with Gasteiger partial charge in [-0.1, -0.05) is 33.1 Å². The molecule has 0 heterocycles. The summed E-state index contributed by atoms with van der Waals surface area (Å²) in [5.41, 5.74) is 0. The molecule has 1 N–H and O–H groups in total. The van der Waals surface area contributed by atoms with E-state index in [4.69, 9.17) is 0 Å². The first-order valence-electron chi connectivity index (χ1n) is 8.41. The quantitative estimate of drug-likeness (QED) is 0.342. The third kappa shape index (κ3) is 6.51. The van der Waals surface area contributed by atoms with Crippen LogP contribution in [-0.2, 0) is 4.79 Å². The van der Waals surface area contributed by atoms with E-state index >= 15 is 0 Å². The zero-order chi connectivity index (χ0) is 16.3. The molecule has 1 unspecified atom stereocenters. The van der Waals surface area contributed by atoms with E-state index in [9.17, 15) is 15.0 Å². The number of unbranched alkanes of at least 4 members (excludes halogenated alkanes) is 3. The third-order valence-electron chi connectivity index (χ3n) is 4.42. The van der Waals surface area contributed by atoms with Crippen LogP contribution in [0.4, 0.5) is 0 Å². The van der Waals surface area contributed by atoms with Crippen molar-refractivity contribution in [2.24, 2.45) is 0 Å². The number of carbonyl (C=O) groups is 1. The first-order valence-corrected chi connectivity index (χ1v) is 8.41. The van der Waals surface area contributed by atoms with Gasteiger partial charge in [0.25, 0.3) is 0 Å². The van der Waals surface area contributed by atoms with Crippen LogP contribution in [0.1, 0.15) is 66.2 Å². The number of carbonyl (C=O) groups excluding carboxylic acids is 1. The van der Waals surface area contributed by atoms with Gasteiger partial charge in [0.2, 0.25) is 0 Å². The molecule has 0 aliphatic rings. The average Bonchev–Trinajstić information content (AvgIpc) is 2.47. The van der Waals surface area contributed by atoms with E-state index in [2.05, 4.69) is 6.92 Å². The molecule has 0 saturated carbocycles. The fourth-order valence-electron chi connectivity index (χ4n) is 2.94. The summed E-state index contributed by atoms with van der Waals surface area (Å²) in [4.78, 5) is 11.5. The molecular weight excluding hydrogens is 266 g/mol. The summed E-state index contributed by atoms with van der Waals surface area (Å²) in [5.74, 6) is -0.684. The molecule has 0 aliphatic carbocycles. The number of aliphatic carboxylic acids is 1. The Morgan fingerprint density at radius 1 is 1.14 bits per heavy atom. The van der Waals surface area contributed by atoms with Gasteiger partial charge in [0.15, 0.2) is 0 Å². The minimum Gasteiger partial charge on any atom is -0.544 e. The molecule has 0 radical (unpaired) electrons. The van der Waals surface area contributed by atoms with Gasteiger partial charge in [0.1, 0.15) is 18.3 Å². The summed E-state index contributed by atoms with van der Waals surface area (Å²) in [6.07, 6.45) is 7.48. The molecule has 0 aromatic rings. The molecule has 0 fully saturated rings. The first kappa shape index (κ1) is 20.0. The number of nitrogens with zero attached hydrogens (tertiary/aromatic N) is 1. The average molecular weight is 299 g/mol. The lowest BCUT2D eigenvalue weighted by atomic mass is 10.1. The highest BCUT2D eigenvalue weighted by Gasteiger charge is 2.35. The van der Waals surface area contributed by atoms with E-state index in [-0.39, 0.29) is 0 Å². The maximum atomic E-state index is 11.5. The SMILES string of the molecule is CCCCC/C=C(/O)C[N+](CC)(CC)C(CCC)C(=O)[O-]. The van der Waals surface area contributed by atoms with Gasteiger partial charge < -0.3 is 19.5 Å². The standard InChI is InChI=1S/C17H33NO3/c1-5-9-10-11-13-15(19)14-18(7-3,8-4)16(12-6-2)17(20)21/h13,16H,5-12,14H2,1-4H3,(H-,19,20,21)/b15-13+. The van der Waals surface area contributed by atoms with Crippen LogP contribution in [-0.4, -0.2) is 41.2 Å². The number of likely N-dealkylation sites (N-methyl/N-ethyl adjacent to an activating group) is 1. The minimum atomic E-state index is -1.00. The van der Waals surface area contributed by atoms with Gasteiger partial charge in [-0.3, -0.25) is 0 Å². The van der Waals surface area contributed by atoms with Crippen molar-refractivity contribution in [1.82, 2.24) is 0 Å². The molecule has 0 aliphatic heterocycles. The largest absolute Gasteiger partial charge is 0.544 e. The first-order chi connectivity index (χ1) is 9.97. The summed E-state index contributed by atoms with van der Waals surface area (Å²) < 4.78 is 0.367. The van der Waals surface area contributed by atoms with E-state index < -0.39 is 12.0 Å². The van der Waals surface area contributed by atoms with Crippen molar-refractivity contribution in [1.29, 1.82) is 0 Å². The Kier molecular flexibility index (Phi) is 10.1. The summed E-state index contributed by atoms with van der Waals surface area (Å²) >= 11 is 0. The van der Waals surface area contributed by atoms with Crippen LogP contribution in [0.25, 0.3) is 0 Å². The Balaban J connectivity index is 4.96. The number of quaternary nitrogens is 1. The molecule has 0 bridgehead atoms. The molecule has 0 amide bonds. The van der Waals surface area contributed by atoms with Gasteiger partial charge in [-0.2, -0.15) is 0 Å². The number of carboxylic acid groups (broad SMARTS) is 1. The van der Waals surface area contributed by atoms with Crippen molar-refractivity contribution in [2.75, 3.05) is 19.6 Å². The van der Waals surface area contributed by atoms with Crippen LogP contribution in [0.2, 0.25) is 0 Å². The van der Waals surface area contributed by atoms with E-state index in [0.717, 1.165) is 32.1 Å². The van der Waals surface area contributed by atoms with Crippen molar-refractivity contribution < 1.29 is 19.5 Å². The third-order valence-corrected chi connectivity index (χ3v) is 4.42. The van der Waals surface area contributed by atoms with Crippen LogP contribution in [0, 0.1) is 0 Å². The van der Waals surface area contributed by atoms with E-state index in [0.29, 0.717) is 36.3 Å². The summed E-state index contributed by atoms with van der Waals surface area (Å²) in [6, 6.07) is -0.545. The summed E-state index contributed by atoms with van der Waals surface area (Å²) in [5, 5.41) is 21.7. The number of aliphatic hydroxyl groups excluding tert-OH is 1. The van der Waals surface area contributed by atoms with Gasteiger partial charge >= 0.3 is 0 Å². The van der Waals surface area contributed by atoms with E-state index in [1.807, 2.05) is 26.8 Å². The van der Waals surface area contributed by atoms with E-state index in [1.165, 1.54) is 0 Å². The Bertz CT molecular complexity index is 322.